The van der Waals surface area contributed by atoms with E-state index in [2.05, 4.69) is 5.32 Å². The minimum absolute atomic E-state index is 0. The predicted molar refractivity (Wildman–Crippen MR) is 127 cm³/mol. The van der Waals surface area contributed by atoms with Crippen LogP contribution in [0, 0.1) is 17.5 Å². The number of hydrogen-bond acceptors (Lipinski definition) is 5. The first-order valence-corrected chi connectivity index (χ1v) is 11.6. The van der Waals surface area contributed by atoms with Gasteiger partial charge in [0.05, 0.1) is 6.42 Å². The Balaban J connectivity index is 0.00000432. The number of carbonyl (C=O) groups is 3. The van der Waals surface area contributed by atoms with Gasteiger partial charge in [0.2, 0.25) is 5.91 Å². The zero-order valence-electron chi connectivity index (χ0n) is 18.5. The second-order valence-corrected chi connectivity index (χ2v) is 9.13. The van der Waals surface area contributed by atoms with E-state index >= 15 is 0 Å². The molecule has 0 spiro atoms. The first kappa shape index (κ1) is 28.5. The highest BCUT2D eigenvalue weighted by Crippen LogP contribution is 2.25. The average Bonchev–Trinajstić information content (AvgIpc) is 3.26. The summed E-state index contributed by atoms with van der Waals surface area (Å²) in [5, 5.41) is 10.8. The standard InChI is InChI=1S/C23H24F3N3O4S.ClH/c24-17-11-19(26)18(25)9-15(17)8-16(27)10-20(30)29-5-6-34-23(29)22(33)28-12-14-3-1-13(2-4-14)7-21(31)32;/h1-4,9,11,16,23H,5-8,10,12,27H2,(H,28,33)(H,31,32);1H/t16-,23?;/m1./s1. The SMILES string of the molecule is Cl.N[C@@H](CC(=O)N1CCSC1C(=O)NCc1ccc(CC(=O)O)cc1)Cc1cc(F)c(F)cc1F. The maximum atomic E-state index is 13.9. The Morgan fingerprint density at radius 3 is 2.37 bits per heavy atom. The Bertz CT molecular complexity index is 1070. The van der Waals surface area contributed by atoms with Crippen LogP contribution in [0.15, 0.2) is 36.4 Å². The Hall–Kier alpha value is -2.76. The first-order chi connectivity index (χ1) is 16.1. The van der Waals surface area contributed by atoms with Crippen LogP contribution in [0.2, 0.25) is 0 Å². The average molecular weight is 532 g/mol. The normalized spacial score (nSPS) is 15.9. The lowest BCUT2D eigenvalue weighted by Gasteiger charge is -2.24. The van der Waals surface area contributed by atoms with Crippen molar-refractivity contribution in [2.75, 3.05) is 12.3 Å². The van der Waals surface area contributed by atoms with E-state index in [-0.39, 0.29) is 49.7 Å². The van der Waals surface area contributed by atoms with Crippen molar-refractivity contribution in [2.24, 2.45) is 5.73 Å². The van der Waals surface area contributed by atoms with Gasteiger partial charge in [0.25, 0.3) is 5.91 Å². The van der Waals surface area contributed by atoms with Crippen LogP contribution in [0.25, 0.3) is 0 Å². The number of halogens is 4. The van der Waals surface area contributed by atoms with E-state index in [1.165, 1.54) is 16.7 Å². The number of rotatable bonds is 9. The molecule has 2 aromatic rings. The number of nitrogens with two attached hydrogens (primary N) is 1. The number of carboxylic acid groups (broad SMARTS) is 1. The van der Waals surface area contributed by atoms with Crippen molar-refractivity contribution in [2.45, 2.75) is 37.2 Å². The molecule has 190 valence electrons. The van der Waals surface area contributed by atoms with Crippen molar-refractivity contribution < 1.29 is 32.7 Å². The number of hydrogen-bond donors (Lipinski definition) is 3. The molecule has 1 unspecified atom stereocenters. The van der Waals surface area contributed by atoms with E-state index in [4.69, 9.17) is 10.8 Å². The van der Waals surface area contributed by atoms with Gasteiger partial charge in [-0.3, -0.25) is 14.4 Å². The van der Waals surface area contributed by atoms with Gasteiger partial charge in [0, 0.05) is 37.4 Å². The zero-order chi connectivity index (χ0) is 24.8. The highest BCUT2D eigenvalue weighted by atomic mass is 35.5. The maximum absolute atomic E-state index is 13.9. The van der Waals surface area contributed by atoms with Gasteiger partial charge in [-0.25, -0.2) is 13.2 Å². The van der Waals surface area contributed by atoms with Crippen LogP contribution in [-0.2, 0) is 33.8 Å². The third kappa shape index (κ3) is 7.87. The molecule has 0 saturated carbocycles. The van der Waals surface area contributed by atoms with Crippen LogP contribution >= 0.6 is 24.2 Å². The summed E-state index contributed by atoms with van der Waals surface area (Å²) in [6, 6.07) is 7.12. The predicted octanol–water partition coefficient (Wildman–Crippen LogP) is 2.63. The minimum atomic E-state index is -1.30. The van der Waals surface area contributed by atoms with Gasteiger partial charge < -0.3 is 21.1 Å². The quantitative estimate of drug-likeness (QED) is 0.429. The molecule has 0 aromatic heterocycles. The van der Waals surface area contributed by atoms with E-state index in [1.807, 2.05) is 0 Å². The van der Waals surface area contributed by atoms with Crippen LogP contribution in [0.3, 0.4) is 0 Å². The van der Waals surface area contributed by atoms with Crippen LogP contribution in [0.1, 0.15) is 23.1 Å². The summed E-state index contributed by atoms with van der Waals surface area (Å²) in [5.41, 5.74) is 7.25. The summed E-state index contributed by atoms with van der Waals surface area (Å²) < 4.78 is 40.4. The van der Waals surface area contributed by atoms with Crippen molar-refractivity contribution in [3.8, 4) is 0 Å². The van der Waals surface area contributed by atoms with Gasteiger partial charge in [-0.1, -0.05) is 24.3 Å². The number of benzene rings is 2. The summed E-state index contributed by atoms with van der Waals surface area (Å²) >= 11 is 1.30. The van der Waals surface area contributed by atoms with E-state index < -0.39 is 40.7 Å². The molecule has 2 amide bonds. The van der Waals surface area contributed by atoms with E-state index in [9.17, 15) is 27.6 Å². The Morgan fingerprint density at radius 1 is 1.09 bits per heavy atom. The number of carboxylic acids is 1. The van der Waals surface area contributed by atoms with Gasteiger partial charge in [0.1, 0.15) is 5.82 Å². The number of thioether (sulfide) groups is 1. The van der Waals surface area contributed by atoms with Crippen LogP contribution < -0.4 is 11.1 Å². The topological polar surface area (TPSA) is 113 Å². The molecule has 1 fully saturated rings. The first-order valence-electron chi connectivity index (χ1n) is 10.5. The molecule has 1 saturated heterocycles. The molecule has 1 aliphatic rings. The van der Waals surface area contributed by atoms with Crippen molar-refractivity contribution >= 4 is 42.0 Å². The molecule has 4 N–H and O–H groups in total. The molecule has 7 nitrogen and oxygen atoms in total. The highest BCUT2D eigenvalue weighted by molar-refractivity contribution is 8.00. The molecule has 0 radical (unpaired) electrons. The van der Waals surface area contributed by atoms with Crippen LogP contribution in [0.5, 0.6) is 0 Å². The largest absolute Gasteiger partial charge is 0.481 e. The third-order valence-corrected chi connectivity index (χ3v) is 6.49. The molecular weight excluding hydrogens is 507 g/mol. The van der Waals surface area contributed by atoms with Crippen LogP contribution in [0.4, 0.5) is 13.2 Å². The molecule has 3 rings (SSSR count). The molecule has 0 bridgehead atoms. The van der Waals surface area contributed by atoms with Crippen molar-refractivity contribution in [1.82, 2.24) is 10.2 Å². The molecule has 1 heterocycles. The second-order valence-electron chi connectivity index (χ2n) is 7.94. The fraction of sp³-hybridized carbons (Fsp3) is 0.348. The summed E-state index contributed by atoms with van der Waals surface area (Å²) in [6.07, 6.45) is -0.439. The summed E-state index contributed by atoms with van der Waals surface area (Å²) in [5.74, 6) is -4.56. The Labute approximate surface area is 210 Å². The van der Waals surface area contributed by atoms with E-state index in [1.54, 1.807) is 24.3 Å². The van der Waals surface area contributed by atoms with Gasteiger partial charge in [-0.05, 0) is 29.2 Å². The fourth-order valence-corrected chi connectivity index (χ4v) is 4.75. The maximum Gasteiger partial charge on any atom is 0.307 e. The molecule has 12 heteroatoms. The fourth-order valence-electron chi connectivity index (χ4n) is 3.59. The van der Waals surface area contributed by atoms with Crippen molar-refractivity contribution in [3.63, 3.8) is 0 Å². The molecule has 0 aliphatic carbocycles. The molecule has 2 atom stereocenters. The number of carbonyl (C=O) groups excluding carboxylic acids is 2. The van der Waals surface area contributed by atoms with Gasteiger partial charge >= 0.3 is 5.97 Å². The molecule has 2 aromatic carbocycles. The Morgan fingerprint density at radius 2 is 1.71 bits per heavy atom. The van der Waals surface area contributed by atoms with Crippen molar-refractivity contribution in [1.29, 1.82) is 0 Å². The zero-order valence-corrected chi connectivity index (χ0v) is 20.1. The molecule has 1 aliphatic heterocycles. The third-order valence-electron chi connectivity index (χ3n) is 5.29. The summed E-state index contributed by atoms with van der Waals surface area (Å²) in [7, 11) is 0. The lowest BCUT2D eigenvalue weighted by molar-refractivity contribution is -0.137. The Kier molecular flexibility index (Phi) is 10.4. The van der Waals surface area contributed by atoms with Gasteiger partial charge in [-0.15, -0.1) is 24.2 Å². The molecule has 35 heavy (non-hydrogen) atoms. The van der Waals surface area contributed by atoms with Gasteiger partial charge in [0.15, 0.2) is 17.0 Å². The summed E-state index contributed by atoms with van der Waals surface area (Å²) in [6.45, 7) is 0.553. The molecular formula is C23H25ClF3N3O4S. The number of aliphatic carboxylic acids is 1. The van der Waals surface area contributed by atoms with Gasteiger partial charge in [-0.2, -0.15) is 0 Å². The number of nitrogens with zero attached hydrogens (tertiary/aromatic N) is 1. The summed E-state index contributed by atoms with van der Waals surface area (Å²) in [4.78, 5) is 37.6. The van der Waals surface area contributed by atoms with Crippen LogP contribution in [-0.4, -0.2) is 51.5 Å². The lowest BCUT2D eigenvalue weighted by Crippen LogP contribution is -2.46. The van der Waals surface area contributed by atoms with E-state index in [0.29, 0.717) is 23.9 Å². The van der Waals surface area contributed by atoms with E-state index in [0.717, 1.165) is 11.6 Å². The monoisotopic (exact) mass is 531 g/mol. The number of nitrogens with one attached hydrogen (secondary N) is 1. The second kappa shape index (κ2) is 12.8. The lowest BCUT2D eigenvalue weighted by atomic mass is 10.0. The van der Waals surface area contributed by atoms with Crippen molar-refractivity contribution in [3.05, 3.63) is 70.5 Å². The smallest absolute Gasteiger partial charge is 0.307 e. The highest BCUT2D eigenvalue weighted by Gasteiger charge is 2.35. The minimum Gasteiger partial charge on any atom is -0.481 e. The number of amides is 2.